The fourth-order valence-electron chi connectivity index (χ4n) is 1.44. The summed E-state index contributed by atoms with van der Waals surface area (Å²) in [6.07, 6.45) is 5.78. The average molecular weight is 188 g/mol. The van der Waals surface area contributed by atoms with Gasteiger partial charge in [-0.1, -0.05) is 26.7 Å². The van der Waals surface area contributed by atoms with E-state index in [4.69, 9.17) is 4.74 Å². The van der Waals surface area contributed by atoms with Crippen LogP contribution in [0.3, 0.4) is 0 Å². The Bertz CT molecular complexity index is 128. The summed E-state index contributed by atoms with van der Waals surface area (Å²) in [5, 5.41) is 0. The van der Waals surface area contributed by atoms with Crippen molar-refractivity contribution in [1.29, 1.82) is 0 Å². The van der Waals surface area contributed by atoms with Gasteiger partial charge in [-0.3, -0.25) is 0 Å². The van der Waals surface area contributed by atoms with Crippen molar-refractivity contribution in [1.82, 2.24) is 0 Å². The zero-order valence-electron chi connectivity index (χ0n) is 8.18. The van der Waals surface area contributed by atoms with Crippen LogP contribution >= 0.6 is 12.6 Å². The van der Waals surface area contributed by atoms with Gasteiger partial charge in [-0.05, 0) is 24.0 Å². The number of hydrogen-bond acceptors (Lipinski definition) is 2. The Kier molecular flexibility index (Phi) is 3.91. The molecule has 1 aliphatic carbocycles. The molecule has 0 saturated heterocycles. The SMILES string of the molecule is CC(C)(CS)COC1CCCC1. The normalized spacial score (nSPS) is 20.2. The van der Waals surface area contributed by atoms with E-state index in [1.807, 2.05) is 0 Å². The number of hydrogen-bond donors (Lipinski definition) is 1. The van der Waals surface area contributed by atoms with Crippen LogP contribution in [0.15, 0.2) is 0 Å². The number of ether oxygens (including phenoxy) is 1. The third-order valence-corrected chi connectivity index (χ3v) is 3.30. The third-order valence-electron chi connectivity index (χ3n) is 2.44. The van der Waals surface area contributed by atoms with Crippen molar-refractivity contribution < 1.29 is 4.74 Å². The van der Waals surface area contributed by atoms with Gasteiger partial charge in [0.1, 0.15) is 0 Å². The maximum atomic E-state index is 5.81. The molecule has 0 aromatic carbocycles. The van der Waals surface area contributed by atoms with Crippen LogP contribution < -0.4 is 0 Å². The summed E-state index contributed by atoms with van der Waals surface area (Å²) in [6.45, 7) is 5.27. The lowest BCUT2D eigenvalue weighted by atomic mass is 9.98. The molecule has 0 radical (unpaired) electrons. The van der Waals surface area contributed by atoms with Gasteiger partial charge in [0.15, 0.2) is 0 Å². The maximum absolute atomic E-state index is 5.81. The summed E-state index contributed by atoms with van der Waals surface area (Å²) in [6, 6.07) is 0. The number of thiol groups is 1. The van der Waals surface area contributed by atoms with Crippen molar-refractivity contribution in [3.63, 3.8) is 0 Å². The van der Waals surface area contributed by atoms with Gasteiger partial charge < -0.3 is 4.74 Å². The molecule has 0 N–H and O–H groups in total. The standard InChI is InChI=1S/C10H20OS/c1-10(2,8-12)7-11-9-5-3-4-6-9/h9,12H,3-8H2,1-2H3. The molecule has 1 rings (SSSR count). The lowest BCUT2D eigenvalue weighted by Gasteiger charge is -2.24. The molecular formula is C10H20OS. The van der Waals surface area contributed by atoms with Gasteiger partial charge in [0.2, 0.25) is 0 Å². The lowest BCUT2D eigenvalue weighted by molar-refractivity contribution is 0.0145. The van der Waals surface area contributed by atoms with Crippen molar-refractivity contribution in [3.05, 3.63) is 0 Å². The Hall–Kier alpha value is 0.310. The van der Waals surface area contributed by atoms with Crippen LogP contribution in [-0.4, -0.2) is 18.5 Å². The first-order valence-corrected chi connectivity index (χ1v) is 5.50. The van der Waals surface area contributed by atoms with Crippen molar-refractivity contribution in [2.24, 2.45) is 5.41 Å². The van der Waals surface area contributed by atoms with Gasteiger partial charge in [-0.2, -0.15) is 12.6 Å². The Morgan fingerprint density at radius 1 is 1.33 bits per heavy atom. The molecule has 0 spiro atoms. The minimum atomic E-state index is 0.242. The van der Waals surface area contributed by atoms with Crippen LogP contribution in [0.1, 0.15) is 39.5 Å². The predicted octanol–water partition coefficient (Wildman–Crippen LogP) is 2.90. The molecule has 0 aromatic heterocycles. The smallest absolute Gasteiger partial charge is 0.0575 e. The molecule has 0 bridgehead atoms. The van der Waals surface area contributed by atoms with Crippen molar-refractivity contribution in [2.75, 3.05) is 12.4 Å². The molecule has 12 heavy (non-hydrogen) atoms. The van der Waals surface area contributed by atoms with Crippen LogP contribution in [0.5, 0.6) is 0 Å². The molecule has 0 aromatic rings. The van der Waals surface area contributed by atoms with E-state index in [-0.39, 0.29) is 5.41 Å². The van der Waals surface area contributed by atoms with E-state index in [9.17, 15) is 0 Å². The molecule has 2 heteroatoms. The van der Waals surface area contributed by atoms with Crippen LogP contribution in [0.2, 0.25) is 0 Å². The highest BCUT2D eigenvalue weighted by atomic mass is 32.1. The van der Waals surface area contributed by atoms with Gasteiger partial charge >= 0.3 is 0 Å². The van der Waals surface area contributed by atoms with E-state index in [1.165, 1.54) is 25.7 Å². The summed E-state index contributed by atoms with van der Waals surface area (Å²) in [4.78, 5) is 0. The topological polar surface area (TPSA) is 9.23 Å². The van der Waals surface area contributed by atoms with Gasteiger partial charge in [0, 0.05) is 0 Å². The van der Waals surface area contributed by atoms with Gasteiger partial charge in [0.05, 0.1) is 12.7 Å². The zero-order valence-corrected chi connectivity index (χ0v) is 9.07. The third kappa shape index (κ3) is 3.36. The van der Waals surface area contributed by atoms with Crippen LogP contribution in [-0.2, 0) is 4.74 Å². The largest absolute Gasteiger partial charge is 0.378 e. The molecule has 0 unspecified atom stereocenters. The maximum Gasteiger partial charge on any atom is 0.0575 e. The summed E-state index contributed by atoms with van der Waals surface area (Å²) < 4.78 is 5.81. The van der Waals surface area contributed by atoms with Gasteiger partial charge in [-0.15, -0.1) is 0 Å². The van der Waals surface area contributed by atoms with E-state index in [0.29, 0.717) is 6.10 Å². The summed E-state index contributed by atoms with van der Waals surface area (Å²) in [7, 11) is 0. The quantitative estimate of drug-likeness (QED) is 0.667. The summed E-state index contributed by atoms with van der Waals surface area (Å²) in [5.41, 5.74) is 0.242. The highest BCUT2D eigenvalue weighted by Gasteiger charge is 2.21. The van der Waals surface area contributed by atoms with Gasteiger partial charge in [0.25, 0.3) is 0 Å². The second-order valence-electron chi connectivity index (χ2n) is 4.54. The Morgan fingerprint density at radius 2 is 1.92 bits per heavy atom. The Labute approximate surface area is 81.3 Å². The molecule has 1 saturated carbocycles. The molecule has 1 nitrogen and oxygen atoms in total. The number of rotatable bonds is 4. The first kappa shape index (κ1) is 10.4. The second-order valence-corrected chi connectivity index (χ2v) is 4.86. The average Bonchev–Trinajstić information content (AvgIpc) is 2.53. The first-order valence-electron chi connectivity index (χ1n) is 4.86. The van der Waals surface area contributed by atoms with Crippen LogP contribution in [0.4, 0.5) is 0 Å². The van der Waals surface area contributed by atoms with Crippen molar-refractivity contribution >= 4 is 12.6 Å². The molecule has 0 amide bonds. The van der Waals surface area contributed by atoms with Crippen molar-refractivity contribution in [2.45, 2.75) is 45.6 Å². The highest BCUT2D eigenvalue weighted by Crippen LogP contribution is 2.24. The van der Waals surface area contributed by atoms with Crippen LogP contribution in [0.25, 0.3) is 0 Å². The Morgan fingerprint density at radius 3 is 2.42 bits per heavy atom. The summed E-state index contributed by atoms with van der Waals surface area (Å²) >= 11 is 4.30. The zero-order chi connectivity index (χ0) is 9.03. The molecule has 0 atom stereocenters. The molecule has 1 aliphatic rings. The molecule has 1 fully saturated rings. The molecule has 72 valence electrons. The van der Waals surface area contributed by atoms with E-state index >= 15 is 0 Å². The van der Waals surface area contributed by atoms with E-state index in [0.717, 1.165) is 12.4 Å². The first-order chi connectivity index (χ1) is 5.64. The van der Waals surface area contributed by atoms with E-state index in [1.54, 1.807) is 0 Å². The summed E-state index contributed by atoms with van der Waals surface area (Å²) in [5.74, 6) is 0.902. The van der Waals surface area contributed by atoms with Crippen molar-refractivity contribution in [3.8, 4) is 0 Å². The highest BCUT2D eigenvalue weighted by molar-refractivity contribution is 7.80. The molecule has 0 aliphatic heterocycles. The predicted molar refractivity (Wildman–Crippen MR) is 55.8 cm³/mol. The molecular weight excluding hydrogens is 168 g/mol. The monoisotopic (exact) mass is 188 g/mol. The fourth-order valence-corrected chi connectivity index (χ4v) is 1.54. The fraction of sp³-hybridized carbons (Fsp3) is 1.00. The molecule has 0 heterocycles. The second kappa shape index (κ2) is 4.52. The van der Waals surface area contributed by atoms with Gasteiger partial charge in [-0.25, -0.2) is 0 Å². The lowest BCUT2D eigenvalue weighted by Crippen LogP contribution is -2.24. The van der Waals surface area contributed by atoms with E-state index in [2.05, 4.69) is 26.5 Å². The Balaban J connectivity index is 2.15. The van der Waals surface area contributed by atoms with Crippen LogP contribution in [0, 0.1) is 5.41 Å². The van der Waals surface area contributed by atoms with E-state index < -0.39 is 0 Å². The minimum Gasteiger partial charge on any atom is -0.378 e. The minimum absolute atomic E-state index is 0.242.